The maximum atomic E-state index is 12.5. The van der Waals surface area contributed by atoms with Gasteiger partial charge in [0.15, 0.2) is 5.82 Å². The predicted octanol–water partition coefficient (Wildman–Crippen LogP) is 0.470. The molecule has 60 valence electrons. The van der Waals surface area contributed by atoms with Gasteiger partial charge < -0.3 is 5.73 Å². The van der Waals surface area contributed by atoms with Crippen LogP contribution in [0, 0.1) is 5.82 Å². The Labute approximate surface area is 64.0 Å². The Kier molecular flexibility index (Phi) is 1.26. The van der Waals surface area contributed by atoms with Crippen LogP contribution in [0.4, 0.5) is 4.39 Å². The molecule has 0 aromatic carbocycles. The molecule has 1 aliphatic carbocycles. The number of hydrogen-bond acceptors (Lipinski definition) is 2. The summed E-state index contributed by atoms with van der Waals surface area (Å²) >= 11 is 0. The largest absolute Gasteiger partial charge is 0.328 e. The van der Waals surface area contributed by atoms with Crippen molar-refractivity contribution in [2.45, 2.75) is 18.4 Å². The zero-order valence-electron chi connectivity index (χ0n) is 6.13. The van der Waals surface area contributed by atoms with Gasteiger partial charge in [0.1, 0.15) is 0 Å². The Balaban J connectivity index is 2.29. The SMILES string of the molecule is NCC1(n2cc(F)cn2)CC1. The van der Waals surface area contributed by atoms with E-state index in [1.807, 2.05) is 0 Å². The normalized spacial score (nSPS) is 20.2. The summed E-state index contributed by atoms with van der Waals surface area (Å²) in [6.07, 6.45) is 4.66. The Morgan fingerprint density at radius 1 is 1.73 bits per heavy atom. The molecule has 1 aliphatic rings. The summed E-state index contributed by atoms with van der Waals surface area (Å²) in [5.41, 5.74) is 5.48. The smallest absolute Gasteiger partial charge is 0.161 e. The second-order valence-electron chi connectivity index (χ2n) is 3.03. The van der Waals surface area contributed by atoms with E-state index >= 15 is 0 Å². The first-order valence-corrected chi connectivity index (χ1v) is 3.68. The highest BCUT2D eigenvalue weighted by Crippen LogP contribution is 2.41. The van der Waals surface area contributed by atoms with Gasteiger partial charge in [-0.3, -0.25) is 4.68 Å². The van der Waals surface area contributed by atoms with Crippen molar-refractivity contribution < 1.29 is 4.39 Å². The molecule has 0 unspecified atom stereocenters. The van der Waals surface area contributed by atoms with Gasteiger partial charge in [-0.05, 0) is 12.8 Å². The van der Waals surface area contributed by atoms with E-state index in [1.54, 1.807) is 4.68 Å². The van der Waals surface area contributed by atoms with Crippen LogP contribution in [0.3, 0.4) is 0 Å². The summed E-state index contributed by atoms with van der Waals surface area (Å²) in [5.74, 6) is -0.287. The van der Waals surface area contributed by atoms with Gasteiger partial charge in [0.05, 0.1) is 17.9 Å². The Hall–Kier alpha value is -0.900. The van der Waals surface area contributed by atoms with Gasteiger partial charge in [0.25, 0.3) is 0 Å². The first-order valence-electron chi connectivity index (χ1n) is 3.68. The fraction of sp³-hybridized carbons (Fsp3) is 0.571. The van der Waals surface area contributed by atoms with Crippen molar-refractivity contribution in [1.82, 2.24) is 9.78 Å². The third kappa shape index (κ3) is 0.939. The third-order valence-corrected chi connectivity index (χ3v) is 2.24. The van der Waals surface area contributed by atoms with Gasteiger partial charge in [0, 0.05) is 6.54 Å². The highest BCUT2D eigenvalue weighted by atomic mass is 19.1. The average Bonchev–Trinajstić information content (AvgIpc) is 2.70. The highest BCUT2D eigenvalue weighted by molar-refractivity contribution is 5.02. The standard InChI is InChI=1S/C7H10FN3/c8-6-3-10-11(4-6)7(5-9)1-2-7/h3-4H,1-2,5,9H2. The first kappa shape index (κ1) is 6.79. The lowest BCUT2D eigenvalue weighted by Crippen LogP contribution is -2.27. The zero-order valence-corrected chi connectivity index (χ0v) is 6.13. The summed E-state index contributed by atoms with van der Waals surface area (Å²) in [7, 11) is 0. The Morgan fingerprint density at radius 2 is 2.45 bits per heavy atom. The molecule has 0 atom stereocenters. The summed E-state index contributed by atoms with van der Waals surface area (Å²) in [4.78, 5) is 0. The fourth-order valence-corrected chi connectivity index (χ4v) is 1.23. The van der Waals surface area contributed by atoms with Gasteiger partial charge in [-0.25, -0.2) is 4.39 Å². The molecule has 2 rings (SSSR count). The number of aromatic nitrogens is 2. The van der Waals surface area contributed by atoms with E-state index in [-0.39, 0.29) is 11.4 Å². The second kappa shape index (κ2) is 2.04. The molecule has 1 fully saturated rings. The maximum Gasteiger partial charge on any atom is 0.161 e. The topological polar surface area (TPSA) is 43.8 Å². The van der Waals surface area contributed by atoms with Crippen molar-refractivity contribution in [3.05, 3.63) is 18.2 Å². The molecule has 1 aromatic rings. The van der Waals surface area contributed by atoms with E-state index in [0.29, 0.717) is 6.54 Å². The van der Waals surface area contributed by atoms with Crippen LogP contribution < -0.4 is 5.73 Å². The molecule has 0 amide bonds. The van der Waals surface area contributed by atoms with Crippen molar-refractivity contribution in [2.75, 3.05) is 6.54 Å². The molecule has 0 saturated heterocycles. The summed E-state index contributed by atoms with van der Waals surface area (Å²) < 4.78 is 14.1. The lowest BCUT2D eigenvalue weighted by atomic mass is 10.3. The molecule has 4 heteroatoms. The molecule has 0 spiro atoms. The van der Waals surface area contributed by atoms with Crippen molar-refractivity contribution >= 4 is 0 Å². The summed E-state index contributed by atoms with van der Waals surface area (Å²) in [6, 6.07) is 0. The van der Waals surface area contributed by atoms with E-state index in [1.165, 1.54) is 12.4 Å². The lowest BCUT2D eigenvalue weighted by Gasteiger charge is -2.11. The third-order valence-electron chi connectivity index (χ3n) is 2.24. The number of nitrogens with zero attached hydrogens (tertiary/aromatic N) is 2. The molecule has 0 bridgehead atoms. The molecule has 1 aromatic heterocycles. The molecule has 0 aliphatic heterocycles. The van der Waals surface area contributed by atoms with Crippen LogP contribution in [0.15, 0.2) is 12.4 Å². The van der Waals surface area contributed by atoms with Crippen molar-refractivity contribution in [1.29, 1.82) is 0 Å². The van der Waals surface area contributed by atoms with Crippen LogP contribution in [0.5, 0.6) is 0 Å². The molecule has 1 saturated carbocycles. The molecule has 1 heterocycles. The van der Waals surface area contributed by atoms with Crippen molar-refractivity contribution in [2.24, 2.45) is 5.73 Å². The van der Waals surface area contributed by atoms with Gasteiger partial charge in [-0.1, -0.05) is 0 Å². The van der Waals surface area contributed by atoms with Crippen molar-refractivity contribution in [3.8, 4) is 0 Å². The van der Waals surface area contributed by atoms with Crippen LogP contribution in [0.25, 0.3) is 0 Å². The molecule has 2 N–H and O–H groups in total. The van der Waals surface area contributed by atoms with E-state index in [0.717, 1.165) is 12.8 Å². The fourth-order valence-electron chi connectivity index (χ4n) is 1.23. The Bertz CT molecular complexity index is 264. The number of rotatable bonds is 2. The maximum absolute atomic E-state index is 12.5. The van der Waals surface area contributed by atoms with Gasteiger partial charge in [-0.2, -0.15) is 5.10 Å². The van der Waals surface area contributed by atoms with E-state index < -0.39 is 0 Å². The number of halogens is 1. The summed E-state index contributed by atoms with van der Waals surface area (Å²) in [6.45, 7) is 0.550. The second-order valence-corrected chi connectivity index (χ2v) is 3.03. The minimum atomic E-state index is -0.287. The van der Waals surface area contributed by atoms with Crippen LogP contribution >= 0.6 is 0 Å². The van der Waals surface area contributed by atoms with Gasteiger partial charge in [0.2, 0.25) is 0 Å². The molecule has 0 radical (unpaired) electrons. The van der Waals surface area contributed by atoms with E-state index in [4.69, 9.17) is 5.73 Å². The van der Waals surface area contributed by atoms with Gasteiger partial charge in [-0.15, -0.1) is 0 Å². The van der Waals surface area contributed by atoms with Crippen LogP contribution in [0.1, 0.15) is 12.8 Å². The van der Waals surface area contributed by atoms with Crippen LogP contribution in [0.2, 0.25) is 0 Å². The zero-order chi connectivity index (χ0) is 7.90. The quantitative estimate of drug-likeness (QED) is 0.674. The average molecular weight is 155 g/mol. The molecular formula is C7H10FN3. The van der Waals surface area contributed by atoms with Crippen LogP contribution in [-0.2, 0) is 5.54 Å². The first-order chi connectivity index (χ1) is 5.27. The van der Waals surface area contributed by atoms with E-state index in [2.05, 4.69) is 5.10 Å². The molecule has 3 nitrogen and oxygen atoms in total. The molecule has 11 heavy (non-hydrogen) atoms. The molecular weight excluding hydrogens is 145 g/mol. The number of hydrogen-bond donors (Lipinski definition) is 1. The lowest BCUT2D eigenvalue weighted by molar-refractivity contribution is 0.439. The van der Waals surface area contributed by atoms with Gasteiger partial charge >= 0.3 is 0 Å². The van der Waals surface area contributed by atoms with Crippen LogP contribution in [-0.4, -0.2) is 16.3 Å². The number of nitrogens with two attached hydrogens (primary N) is 1. The predicted molar refractivity (Wildman–Crippen MR) is 38.4 cm³/mol. The monoisotopic (exact) mass is 155 g/mol. The minimum absolute atomic E-state index is 0.0513. The van der Waals surface area contributed by atoms with Crippen molar-refractivity contribution in [3.63, 3.8) is 0 Å². The Morgan fingerprint density at radius 3 is 2.82 bits per heavy atom. The minimum Gasteiger partial charge on any atom is -0.328 e. The summed E-state index contributed by atoms with van der Waals surface area (Å²) in [5, 5.41) is 3.88. The highest BCUT2D eigenvalue weighted by Gasteiger charge is 2.44. The van der Waals surface area contributed by atoms with E-state index in [9.17, 15) is 4.39 Å².